The van der Waals surface area contributed by atoms with Crippen LogP contribution in [0, 0.1) is 0 Å². The normalized spacial score (nSPS) is 11.2. The molecule has 2 rings (SSSR count). The highest BCUT2D eigenvalue weighted by atomic mass is 16.4. The molecule has 0 N–H and O–H groups in total. The standard InChI is InChI=1S/C17H22O2/c1-5-11-9-10-15-16(12(11)6-2)13(7-3)14(8-4)17(18)19-15/h9-10H,5-8H2,1-4H3. The molecule has 0 amide bonds. The lowest BCUT2D eigenvalue weighted by Gasteiger charge is -2.14. The largest absolute Gasteiger partial charge is 0.423 e. The molecule has 0 aliphatic rings. The molecule has 102 valence electrons. The Labute approximate surface area is 114 Å². The predicted octanol–water partition coefficient (Wildman–Crippen LogP) is 4.04. The number of hydrogen-bond donors (Lipinski definition) is 0. The highest BCUT2D eigenvalue weighted by molar-refractivity contribution is 5.86. The van der Waals surface area contributed by atoms with Gasteiger partial charge in [0.25, 0.3) is 0 Å². The van der Waals surface area contributed by atoms with E-state index in [4.69, 9.17) is 4.42 Å². The fourth-order valence-corrected chi connectivity index (χ4v) is 3.00. The molecule has 0 bridgehead atoms. The first-order chi connectivity index (χ1) is 9.17. The van der Waals surface area contributed by atoms with Gasteiger partial charge >= 0.3 is 5.63 Å². The van der Waals surface area contributed by atoms with E-state index < -0.39 is 0 Å². The molecule has 0 unspecified atom stereocenters. The van der Waals surface area contributed by atoms with E-state index in [0.717, 1.165) is 36.8 Å². The smallest absolute Gasteiger partial charge is 0.339 e. The zero-order chi connectivity index (χ0) is 14.0. The van der Waals surface area contributed by atoms with Gasteiger partial charge in [0.15, 0.2) is 0 Å². The Morgan fingerprint density at radius 3 is 2.00 bits per heavy atom. The minimum atomic E-state index is -0.168. The van der Waals surface area contributed by atoms with Gasteiger partial charge in [-0.3, -0.25) is 0 Å². The molecule has 19 heavy (non-hydrogen) atoms. The summed E-state index contributed by atoms with van der Waals surface area (Å²) < 4.78 is 5.51. The van der Waals surface area contributed by atoms with Crippen LogP contribution in [-0.2, 0) is 25.7 Å². The van der Waals surface area contributed by atoms with Crippen LogP contribution in [0.15, 0.2) is 21.3 Å². The van der Waals surface area contributed by atoms with Crippen molar-refractivity contribution in [3.8, 4) is 0 Å². The van der Waals surface area contributed by atoms with E-state index in [9.17, 15) is 4.79 Å². The van der Waals surface area contributed by atoms with Crippen LogP contribution < -0.4 is 5.63 Å². The fourth-order valence-electron chi connectivity index (χ4n) is 3.00. The van der Waals surface area contributed by atoms with E-state index in [1.807, 2.05) is 13.0 Å². The summed E-state index contributed by atoms with van der Waals surface area (Å²) in [6, 6.07) is 4.04. The lowest BCUT2D eigenvalue weighted by atomic mass is 9.92. The quantitative estimate of drug-likeness (QED) is 0.775. The summed E-state index contributed by atoms with van der Waals surface area (Å²) in [4.78, 5) is 12.0. The molecule has 0 fully saturated rings. The second-order valence-corrected chi connectivity index (χ2v) is 4.84. The van der Waals surface area contributed by atoms with E-state index in [0.29, 0.717) is 0 Å². The third-order valence-electron chi connectivity index (χ3n) is 3.93. The van der Waals surface area contributed by atoms with Gasteiger partial charge in [-0.2, -0.15) is 0 Å². The summed E-state index contributed by atoms with van der Waals surface area (Å²) >= 11 is 0. The van der Waals surface area contributed by atoms with Crippen LogP contribution in [0.3, 0.4) is 0 Å². The molecule has 0 radical (unpaired) electrons. The van der Waals surface area contributed by atoms with E-state index >= 15 is 0 Å². The van der Waals surface area contributed by atoms with Crippen molar-refractivity contribution in [2.45, 2.75) is 53.4 Å². The highest BCUT2D eigenvalue weighted by Gasteiger charge is 2.16. The van der Waals surface area contributed by atoms with Crippen molar-refractivity contribution < 1.29 is 4.42 Å². The Kier molecular flexibility index (Phi) is 4.08. The molecule has 2 nitrogen and oxygen atoms in total. The number of benzene rings is 1. The SMILES string of the molecule is CCc1ccc2oc(=O)c(CC)c(CC)c2c1CC. The van der Waals surface area contributed by atoms with E-state index in [1.165, 1.54) is 22.1 Å². The molecular formula is C17H22O2. The molecule has 0 spiro atoms. The van der Waals surface area contributed by atoms with Crippen molar-refractivity contribution in [3.05, 3.63) is 44.8 Å². The fraction of sp³-hybridized carbons (Fsp3) is 0.471. The average molecular weight is 258 g/mol. The van der Waals surface area contributed by atoms with Gasteiger partial charge in [0.05, 0.1) is 0 Å². The minimum absolute atomic E-state index is 0.168. The molecule has 0 atom stereocenters. The topological polar surface area (TPSA) is 30.2 Å². The van der Waals surface area contributed by atoms with Crippen molar-refractivity contribution in [2.75, 3.05) is 0 Å². The molecule has 2 heteroatoms. The number of fused-ring (bicyclic) bond motifs is 1. The Hall–Kier alpha value is -1.57. The Morgan fingerprint density at radius 2 is 1.47 bits per heavy atom. The lowest BCUT2D eigenvalue weighted by Crippen LogP contribution is -2.12. The molecule has 0 aliphatic carbocycles. The van der Waals surface area contributed by atoms with Gasteiger partial charge in [-0.25, -0.2) is 4.79 Å². The van der Waals surface area contributed by atoms with Gasteiger partial charge in [-0.15, -0.1) is 0 Å². The van der Waals surface area contributed by atoms with E-state index in [-0.39, 0.29) is 5.63 Å². The van der Waals surface area contributed by atoms with Crippen LogP contribution in [0.2, 0.25) is 0 Å². The first kappa shape index (κ1) is 13.9. The number of hydrogen-bond acceptors (Lipinski definition) is 2. The third-order valence-corrected chi connectivity index (χ3v) is 3.93. The molecule has 0 aliphatic heterocycles. The lowest BCUT2D eigenvalue weighted by molar-refractivity contribution is 0.548. The van der Waals surface area contributed by atoms with Crippen LogP contribution in [0.1, 0.15) is 49.9 Å². The summed E-state index contributed by atoms with van der Waals surface area (Å²) in [7, 11) is 0. The molecule has 2 aromatic rings. The Morgan fingerprint density at radius 1 is 0.842 bits per heavy atom. The minimum Gasteiger partial charge on any atom is -0.423 e. The second kappa shape index (κ2) is 5.60. The van der Waals surface area contributed by atoms with Gasteiger partial charge in [0.2, 0.25) is 0 Å². The van der Waals surface area contributed by atoms with Gasteiger partial charge in [-0.1, -0.05) is 33.8 Å². The zero-order valence-corrected chi connectivity index (χ0v) is 12.3. The van der Waals surface area contributed by atoms with Crippen molar-refractivity contribution in [1.82, 2.24) is 0 Å². The van der Waals surface area contributed by atoms with Crippen molar-refractivity contribution in [1.29, 1.82) is 0 Å². The molecule has 0 saturated carbocycles. The molecule has 0 saturated heterocycles. The Bertz CT molecular complexity index is 650. The summed E-state index contributed by atoms with van der Waals surface area (Å²) in [6.07, 6.45) is 3.61. The van der Waals surface area contributed by atoms with Gasteiger partial charge in [-0.05, 0) is 48.4 Å². The maximum atomic E-state index is 12.0. The zero-order valence-electron chi connectivity index (χ0n) is 12.3. The predicted molar refractivity (Wildman–Crippen MR) is 80.0 cm³/mol. The monoisotopic (exact) mass is 258 g/mol. The van der Waals surface area contributed by atoms with Crippen molar-refractivity contribution in [2.24, 2.45) is 0 Å². The van der Waals surface area contributed by atoms with Crippen molar-refractivity contribution >= 4 is 11.0 Å². The van der Waals surface area contributed by atoms with Crippen molar-refractivity contribution in [3.63, 3.8) is 0 Å². The molecule has 1 heterocycles. The first-order valence-electron chi connectivity index (χ1n) is 7.27. The average Bonchev–Trinajstić information content (AvgIpc) is 2.44. The van der Waals surface area contributed by atoms with Crippen LogP contribution in [0.5, 0.6) is 0 Å². The van der Waals surface area contributed by atoms with Crippen LogP contribution in [0.25, 0.3) is 11.0 Å². The van der Waals surface area contributed by atoms with Gasteiger partial charge in [0.1, 0.15) is 5.58 Å². The maximum Gasteiger partial charge on any atom is 0.339 e. The summed E-state index contributed by atoms with van der Waals surface area (Å²) in [5, 5.41) is 1.18. The molecule has 1 aromatic carbocycles. The maximum absolute atomic E-state index is 12.0. The van der Waals surface area contributed by atoms with E-state index in [1.54, 1.807) is 0 Å². The third kappa shape index (κ3) is 2.20. The Balaban J connectivity index is 2.98. The van der Waals surface area contributed by atoms with E-state index in [2.05, 4.69) is 26.8 Å². The molecule has 1 aromatic heterocycles. The number of aryl methyl sites for hydroxylation is 3. The summed E-state index contributed by atoms with van der Waals surface area (Å²) in [5.74, 6) is 0. The van der Waals surface area contributed by atoms with Gasteiger partial charge in [0, 0.05) is 10.9 Å². The van der Waals surface area contributed by atoms with Crippen LogP contribution >= 0.6 is 0 Å². The second-order valence-electron chi connectivity index (χ2n) is 4.84. The summed E-state index contributed by atoms with van der Waals surface area (Å²) in [6.45, 7) is 8.48. The summed E-state index contributed by atoms with van der Waals surface area (Å²) in [5.41, 5.74) is 5.31. The molecular weight excluding hydrogens is 236 g/mol. The first-order valence-corrected chi connectivity index (χ1v) is 7.27. The number of rotatable bonds is 4. The highest BCUT2D eigenvalue weighted by Crippen LogP contribution is 2.28. The van der Waals surface area contributed by atoms with Crippen LogP contribution in [0.4, 0.5) is 0 Å². The van der Waals surface area contributed by atoms with Gasteiger partial charge < -0.3 is 4.42 Å². The van der Waals surface area contributed by atoms with Crippen LogP contribution in [-0.4, -0.2) is 0 Å².